The fourth-order valence-corrected chi connectivity index (χ4v) is 5.43. The maximum absolute atomic E-state index is 12.9. The summed E-state index contributed by atoms with van der Waals surface area (Å²) in [5.74, 6) is 1.90. The van der Waals surface area contributed by atoms with E-state index < -0.39 is 10.0 Å². The van der Waals surface area contributed by atoms with Gasteiger partial charge in [0.05, 0.1) is 4.90 Å². The van der Waals surface area contributed by atoms with Gasteiger partial charge in [-0.15, -0.1) is 0 Å². The zero-order valence-electron chi connectivity index (χ0n) is 15.3. The highest BCUT2D eigenvalue weighted by molar-refractivity contribution is 7.89. The van der Waals surface area contributed by atoms with E-state index in [0.717, 1.165) is 5.56 Å². The first kappa shape index (κ1) is 17.5. The molecule has 1 fully saturated rings. The van der Waals surface area contributed by atoms with Crippen molar-refractivity contribution in [1.29, 1.82) is 0 Å². The number of hydrogen-bond donors (Lipinski definition) is 0. The lowest BCUT2D eigenvalue weighted by Gasteiger charge is -2.20. The van der Waals surface area contributed by atoms with Gasteiger partial charge >= 0.3 is 0 Å². The van der Waals surface area contributed by atoms with E-state index in [-0.39, 0.29) is 0 Å². The zero-order valence-corrected chi connectivity index (χ0v) is 16.1. The van der Waals surface area contributed by atoms with E-state index in [1.54, 1.807) is 19.2 Å². The van der Waals surface area contributed by atoms with Crippen molar-refractivity contribution in [2.24, 2.45) is 11.8 Å². The molecule has 2 aliphatic carbocycles. The van der Waals surface area contributed by atoms with Crippen molar-refractivity contribution in [3.8, 4) is 0 Å². The summed E-state index contributed by atoms with van der Waals surface area (Å²) >= 11 is 0. The largest absolute Gasteiger partial charge is 0.243 e. The minimum atomic E-state index is -3.48. The molecule has 3 unspecified atom stereocenters. The van der Waals surface area contributed by atoms with Crippen LogP contribution in [-0.4, -0.2) is 19.8 Å². The van der Waals surface area contributed by atoms with Crippen molar-refractivity contribution in [2.75, 3.05) is 7.05 Å². The summed E-state index contributed by atoms with van der Waals surface area (Å²) in [6.07, 6.45) is 7.11. The monoisotopic (exact) mass is 367 g/mol. The van der Waals surface area contributed by atoms with E-state index in [9.17, 15) is 8.42 Å². The molecule has 136 valence electrons. The number of fused-ring (bicyclic) bond motifs is 2. The lowest BCUT2D eigenvalue weighted by atomic mass is 9.87. The number of nitrogens with zero attached hydrogens (tertiary/aromatic N) is 1. The molecule has 0 N–H and O–H groups in total. The van der Waals surface area contributed by atoms with Crippen molar-refractivity contribution in [3.05, 3.63) is 77.4 Å². The molecule has 2 bridgehead atoms. The molecule has 0 aliphatic heterocycles. The van der Waals surface area contributed by atoms with Crippen LogP contribution in [0.3, 0.4) is 0 Å². The first-order chi connectivity index (χ1) is 12.4. The van der Waals surface area contributed by atoms with Gasteiger partial charge in [-0.2, -0.15) is 4.31 Å². The lowest BCUT2D eigenvalue weighted by Crippen LogP contribution is -2.26. The van der Waals surface area contributed by atoms with Crippen LogP contribution >= 0.6 is 0 Å². The molecule has 0 amide bonds. The lowest BCUT2D eigenvalue weighted by molar-refractivity contribution is 0.466. The maximum Gasteiger partial charge on any atom is 0.243 e. The van der Waals surface area contributed by atoms with Crippen LogP contribution in [0.5, 0.6) is 0 Å². The molecule has 2 aromatic carbocycles. The number of benzene rings is 2. The van der Waals surface area contributed by atoms with Crippen LogP contribution in [0.2, 0.25) is 0 Å². The first-order valence-corrected chi connectivity index (χ1v) is 10.7. The number of allylic oxidation sites excluding steroid dienone is 2. The van der Waals surface area contributed by atoms with Crippen molar-refractivity contribution in [3.63, 3.8) is 0 Å². The summed E-state index contributed by atoms with van der Waals surface area (Å²) in [6.45, 7) is 2.40. The van der Waals surface area contributed by atoms with Crippen molar-refractivity contribution < 1.29 is 8.42 Å². The third-order valence-electron chi connectivity index (χ3n) is 5.82. The predicted octanol–water partition coefficient (Wildman–Crippen LogP) is 4.50. The summed E-state index contributed by atoms with van der Waals surface area (Å²) in [7, 11) is -1.84. The van der Waals surface area contributed by atoms with Crippen molar-refractivity contribution in [1.82, 2.24) is 4.31 Å². The Morgan fingerprint density at radius 3 is 2.23 bits per heavy atom. The van der Waals surface area contributed by atoms with Crippen LogP contribution in [0.4, 0.5) is 0 Å². The molecular formula is C22H25NO2S. The summed E-state index contributed by atoms with van der Waals surface area (Å²) in [5, 5.41) is 0. The van der Waals surface area contributed by atoms with E-state index >= 15 is 0 Å². The van der Waals surface area contributed by atoms with E-state index in [2.05, 4.69) is 12.2 Å². The van der Waals surface area contributed by atoms with Crippen LogP contribution in [0.1, 0.15) is 35.4 Å². The Morgan fingerprint density at radius 2 is 1.65 bits per heavy atom. The second-order valence-electron chi connectivity index (χ2n) is 7.70. The molecule has 0 heterocycles. The molecule has 4 rings (SSSR count). The molecule has 2 aliphatic rings. The van der Waals surface area contributed by atoms with Crippen LogP contribution in [-0.2, 0) is 16.6 Å². The zero-order chi connectivity index (χ0) is 18.3. The smallest absolute Gasteiger partial charge is 0.207 e. The van der Waals surface area contributed by atoms with Crippen LogP contribution in [0, 0.1) is 18.8 Å². The molecule has 0 spiro atoms. The van der Waals surface area contributed by atoms with Crippen LogP contribution in [0.25, 0.3) is 0 Å². The molecule has 3 atom stereocenters. The fraction of sp³-hybridized carbons (Fsp3) is 0.364. The van der Waals surface area contributed by atoms with Gasteiger partial charge in [0.25, 0.3) is 0 Å². The topological polar surface area (TPSA) is 37.4 Å². The first-order valence-electron chi connectivity index (χ1n) is 9.23. The Hall–Kier alpha value is -1.91. The quantitative estimate of drug-likeness (QED) is 0.730. The second kappa shape index (κ2) is 6.67. The van der Waals surface area contributed by atoms with Gasteiger partial charge in [0.15, 0.2) is 0 Å². The number of rotatable bonds is 5. The molecule has 1 saturated carbocycles. The Kier molecular flexibility index (Phi) is 4.49. The van der Waals surface area contributed by atoms with E-state index in [0.29, 0.717) is 29.2 Å². The summed E-state index contributed by atoms with van der Waals surface area (Å²) in [4.78, 5) is 0.370. The second-order valence-corrected chi connectivity index (χ2v) is 9.75. The van der Waals surface area contributed by atoms with E-state index in [4.69, 9.17) is 0 Å². The highest BCUT2D eigenvalue weighted by atomic mass is 32.2. The Bertz CT molecular complexity index is 914. The van der Waals surface area contributed by atoms with Gasteiger partial charge in [0.1, 0.15) is 0 Å². The minimum absolute atomic E-state index is 0.370. The summed E-state index contributed by atoms with van der Waals surface area (Å²) in [5.41, 5.74) is 3.43. The van der Waals surface area contributed by atoms with Gasteiger partial charge < -0.3 is 0 Å². The van der Waals surface area contributed by atoms with Gasteiger partial charge in [-0.1, -0.05) is 54.1 Å². The average Bonchev–Trinajstić information content (AvgIpc) is 3.27. The van der Waals surface area contributed by atoms with Gasteiger partial charge in [-0.25, -0.2) is 8.42 Å². The normalized spacial score (nSPS) is 24.5. The van der Waals surface area contributed by atoms with Crippen molar-refractivity contribution in [2.45, 2.75) is 37.1 Å². The minimum Gasteiger partial charge on any atom is -0.207 e. The average molecular weight is 368 g/mol. The van der Waals surface area contributed by atoms with Gasteiger partial charge in [0.2, 0.25) is 10.0 Å². The molecule has 3 nitrogen and oxygen atoms in total. The van der Waals surface area contributed by atoms with E-state index in [1.807, 2.05) is 43.3 Å². The standard InChI is InChI=1S/C22H25NO2S/c1-16-3-5-17(6-4-16)15-23(2)26(24,25)21-11-9-19(10-12-21)22-14-18-7-8-20(22)13-18/h3-12,18,20,22H,13-15H2,1-2H3. The SMILES string of the molecule is Cc1ccc(CN(C)S(=O)(=O)c2ccc(C3CC4C=CC3C4)cc2)cc1. The molecular weight excluding hydrogens is 342 g/mol. The third-order valence-corrected chi connectivity index (χ3v) is 7.64. The number of sulfonamides is 1. The van der Waals surface area contributed by atoms with Gasteiger partial charge in [0, 0.05) is 13.6 Å². The third kappa shape index (κ3) is 3.24. The van der Waals surface area contributed by atoms with E-state index in [1.165, 1.54) is 28.3 Å². The highest BCUT2D eigenvalue weighted by Crippen LogP contribution is 2.48. The molecule has 4 heteroatoms. The summed E-state index contributed by atoms with van der Waals surface area (Å²) < 4.78 is 27.2. The Balaban J connectivity index is 1.50. The number of hydrogen-bond acceptors (Lipinski definition) is 2. The van der Waals surface area contributed by atoms with Crippen LogP contribution < -0.4 is 0 Å². The van der Waals surface area contributed by atoms with Crippen LogP contribution in [0.15, 0.2) is 65.6 Å². The molecule has 0 aromatic heterocycles. The van der Waals surface area contributed by atoms with Gasteiger partial charge in [-0.3, -0.25) is 0 Å². The molecule has 0 saturated heterocycles. The molecule has 2 aromatic rings. The Labute approximate surface area is 156 Å². The highest BCUT2D eigenvalue weighted by Gasteiger charge is 2.36. The molecule has 0 radical (unpaired) electrons. The summed E-state index contributed by atoms with van der Waals surface area (Å²) in [6, 6.07) is 15.5. The predicted molar refractivity (Wildman–Crippen MR) is 104 cm³/mol. The van der Waals surface area contributed by atoms with Gasteiger partial charge in [-0.05, 0) is 60.8 Å². The Morgan fingerprint density at radius 1 is 0.962 bits per heavy atom. The number of aryl methyl sites for hydroxylation is 1. The fourth-order valence-electron chi connectivity index (χ4n) is 4.27. The van der Waals surface area contributed by atoms with Crippen molar-refractivity contribution >= 4 is 10.0 Å². The maximum atomic E-state index is 12.9. The molecule has 26 heavy (non-hydrogen) atoms.